The summed E-state index contributed by atoms with van der Waals surface area (Å²) in [5, 5.41) is 6.29. The predicted octanol–water partition coefficient (Wildman–Crippen LogP) is -0.877. The average molecular weight is 165 g/mol. The molecule has 1 unspecified atom stereocenters. The van der Waals surface area contributed by atoms with E-state index in [1.165, 1.54) is 4.68 Å². The SMILES string of the molecule is O=C1CNC(=O)C1n1cccn1. The molecule has 1 amide bonds. The van der Waals surface area contributed by atoms with Crippen molar-refractivity contribution in [2.24, 2.45) is 0 Å². The van der Waals surface area contributed by atoms with Crippen LogP contribution >= 0.6 is 0 Å². The smallest absolute Gasteiger partial charge is 0.253 e. The van der Waals surface area contributed by atoms with Gasteiger partial charge in [-0.3, -0.25) is 14.3 Å². The molecule has 0 radical (unpaired) electrons. The van der Waals surface area contributed by atoms with Gasteiger partial charge in [0.05, 0.1) is 6.54 Å². The number of hydrogen-bond acceptors (Lipinski definition) is 3. The first-order valence-electron chi connectivity index (χ1n) is 3.58. The molecule has 2 rings (SSSR count). The van der Waals surface area contributed by atoms with Crippen LogP contribution in [0.3, 0.4) is 0 Å². The first-order valence-corrected chi connectivity index (χ1v) is 3.58. The van der Waals surface area contributed by atoms with Crippen molar-refractivity contribution in [1.82, 2.24) is 15.1 Å². The van der Waals surface area contributed by atoms with Crippen molar-refractivity contribution < 1.29 is 9.59 Å². The number of rotatable bonds is 1. The lowest BCUT2D eigenvalue weighted by atomic mass is 10.2. The van der Waals surface area contributed by atoms with E-state index in [-0.39, 0.29) is 18.2 Å². The highest BCUT2D eigenvalue weighted by Gasteiger charge is 2.34. The molecule has 0 aromatic carbocycles. The molecule has 62 valence electrons. The monoisotopic (exact) mass is 165 g/mol. The Labute approximate surface area is 68.4 Å². The molecular formula is C7H7N3O2. The topological polar surface area (TPSA) is 64.0 Å². The summed E-state index contributed by atoms with van der Waals surface area (Å²) in [6, 6.07) is 0.929. The molecule has 0 spiro atoms. The molecule has 1 aromatic rings. The Morgan fingerprint density at radius 2 is 2.42 bits per heavy atom. The van der Waals surface area contributed by atoms with Crippen LogP contribution in [-0.2, 0) is 9.59 Å². The summed E-state index contributed by atoms with van der Waals surface area (Å²) in [4.78, 5) is 22.2. The number of hydrogen-bond donors (Lipinski definition) is 1. The van der Waals surface area contributed by atoms with E-state index in [1.54, 1.807) is 18.5 Å². The van der Waals surface area contributed by atoms with Crippen LogP contribution in [-0.4, -0.2) is 28.0 Å². The van der Waals surface area contributed by atoms with Crippen LogP contribution in [0, 0.1) is 0 Å². The molecule has 1 aromatic heterocycles. The van der Waals surface area contributed by atoms with E-state index in [0.29, 0.717) is 0 Å². The third-order valence-corrected chi connectivity index (χ3v) is 1.78. The normalized spacial score (nSPS) is 22.8. The molecule has 1 atom stereocenters. The van der Waals surface area contributed by atoms with E-state index < -0.39 is 6.04 Å². The molecule has 1 N–H and O–H groups in total. The average Bonchev–Trinajstić information content (AvgIpc) is 2.61. The minimum Gasteiger partial charge on any atom is -0.347 e. The van der Waals surface area contributed by atoms with Gasteiger partial charge in [-0.1, -0.05) is 0 Å². The maximum Gasteiger partial charge on any atom is 0.253 e. The van der Waals surface area contributed by atoms with Crippen LogP contribution in [0.5, 0.6) is 0 Å². The van der Waals surface area contributed by atoms with Crippen molar-refractivity contribution in [1.29, 1.82) is 0 Å². The Bertz CT molecular complexity index is 301. The van der Waals surface area contributed by atoms with Crippen molar-refractivity contribution in [3.63, 3.8) is 0 Å². The Kier molecular flexibility index (Phi) is 1.43. The van der Waals surface area contributed by atoms with Gasteiger partial charge in [-0.15, -0.1) is 0 Å². The van der Waals surface area contributed by atoms with Crippen LogP contribution in [0.1, 0.15) is 6.04 Å². The summed E-state index contributed by atoms with van der Waals surface area (Å²) in [5.41, 5.74) is 0. The fraction of sp³-hybridized carbons (Fsp3) is 0.286. The zero-order valence-corrected chi connectivity index (χ0v) is 6.23. The van der Waals surface area contributed by atoms with Crippen LogP contribution < -0.4 is 5.32 Å². The molecule has 5 nitrogen and oxygen atoms in total. The van der Waals surface area contributed by atoms with Crippen molar-refractivity contribution in [3.05, 3.63) is 18.5 Å². The second-order valence-corrected chi connectivity index (χ2v) is 2.57. The largest absolute Gasteiger partial charge is 0.347 e. The van der Waals surface area contributed by atoms with Crippen LogP contribution in [0.4, 0.5) is 0 Å². The number of nitrogens with one attached hydrogen (secondary N) is 1. The zero-order chi connectivity index (χ0) is 8.55. The molecule has 0 bridgehead atoms. The van der Waals surface area contributed by atoms with Crippen molar-refractivity contribution in [2.75, 3.05) is 6.54 Å². The van der Waals surface area contributed by atoms with Gasteiger partial charge in [0.2, 0.25) is 0 Å². The lowest BCUT2D eigenvalue weighted by Crippen LogP contribution is -2.23. The zero-order valence-electron chi connectivity index (χ0n) is 6.23. The molecule has 5 heteroatoms. The Morgan fingerprint density at radius 1 is 1.58 bits per heavy atom. The molecule has 2 heterocycles. The number of ketones is 1. The van der Waals surface area contributed by atoms with Crippen LogP contribution in [0.2, 0.25) is 0 Å². The highest BCUT2D eigenvalue weighted by Crippen LogP contribution is 2.10. The minimum absolute atomic E-state index is 0.114. The van der Waals surface area contributed by atoms with E-state index in [4.69, 9.17) is 0 Å². The van der Waals surface area contributed by atoms with Crippen LogP contribution in [0.25, 0.3) is 0 Å². The number of carbonyl (C=O) groups is 2. The van der Waals surface area contributed by atoms with E-state index in [2.05, 4.69) is 10.4 Å². The predicted molar refractivity (Wildman–Crippen MR) is 39.3 cm³/mol. The van der Waals surface area contributed by atoms with E-state index in [9.17, 15) is 9.59 Å². The second kappa shape index (κ2) is 2.44. The second-order valence-electron chi connectivity index (χ2n) is 2.57. The number of Topliss-reactive ketones (excluding diaryl/α,β-unsaturated/α-hetero) is 1. The quantitative estimate of drug-likeness (QED) is 0.550. The molecule has 1 aliphatic heterocycles. The maximum atomic E-state index is 11.1. The van der Waals surface area contributed by atoms with E-state index >= 15 is 0 Å². The lowest BCUT2D eigenvalue weighted by molar-refractivity contribution is -0.126. The first kappa shape index (κ1) is 7.02. The van der Waals surface area contributed by atoms with Gasteiger partial charge in [-0.05, 0) is 6.07 Å². The van der Waals surface area contributed by atoms with Gasteiger partial charge in [-0.2, -0.15) is 5.10 Å². The molecule has 12 heavy (non-hydrogen) atoms. The number of carbonyl (C=O) groups excluding carboxylic acids is 2. The Balaban J connectivity index is 2.34. The summed E-state index contributed by atoms with van der Waals surface area (Å²) in [6.07, 6.45) is 3.15. The van der Waals surface area contributed by atoms with E-state index in [1.807, 2.05) is 0 Å². The fourth-order valence-electron chi connectivity index (χ4n) is 1.21. The fourth-order valence-corrected chi connectivity index (χ4v) is 1.21. The number of amides is 1. The van der Waals surface area contributed by atoms with Gasteiger partial charge in [0.1, 0.15) is 0 Å². The molecule has 1 fully saturated rings. The molecular weight excluding hydrogens is 158 g/mol. The lowest BCUT2D eigenvalue weighted by Gasteiger charge is -2.04. The number of nitrogens with zero attached hydrogens (tertiary/aromatic N) is 2. The molecule has 1 aliphatic rings. The molecule has 1 saturated heterocycles. The highest BCUT2D eigenvalue weighted by atomic mass is 16.2. The van der Waals surface area contributed by atoms with Crippen molar-refractivity contribution in [2.45, 2.75) is 6.04 Å². The summed E-state index contributed by atoms with van der Waals surface area (Å²) in [6.45, 7) is 0.114. The summed E-state index contributed by atoms with van der Waals surface area (Å²) < 4.78 is 1.37. The van der Waals surface area contributed by atoms with Gasteiger partial charge in [0.15, 0.2) is 11.8 Å². The Morgan fingerprint density at radius 3 is 2.92 bits per heavy atom. The third kappa shape index (κ3) is 0.903. The van der Waals surface area contributed by atoms with Gasteiger partial charge < -0.3 is 5.32 Å². The Hall–Kier alpha value is -1.65. The summed E-state index contributed by atoms with van der Waals surface area (Å²) in [5.74, 6) is -0.410. The van der Waals surface area contributed by atoms with Crippen molar-refractivity contribution >= 4 is 11.7 Å². The standard InChI is InChI=1S/C7H7N3O2/c11-5-4-8-7(12)6(5)10-3-1-2-9-10/h1-3,6H,4H2,(H,8,12). The van der Waals surface area contributed by atoms with Gasteiger partial charge in [0.25, 0.3) is 5.91 Å². The van der Waals surface area contributed by atoms with Crippen molar-refractivity contribution in [3.8, 4) is 0 Å². The first-order chi connectivity index (χ1) is 5.79. The number of aromatic nitrogens is 2. The van der Waals surface area contributed by atoms with Gasteiger partial charge >= 0.3 is 0 Å². The van der Waals surface area contributed by atoms with Crippen LogP contribution in [0.15, 0.2) is 18.5 Å². The molecule has 0 saturated carbocycles. The summed E-state index contributed by atoms with van der Waals surface area (Å²) >= 11 is 0. The van der Waals surface area contributed by atoms with E-state index in [0.717, 1.165) is 0 Å². The van der Waals surface area contributed by atoms with Gasteiger partial charge in [0, 0.05) is 12.4 Å². The van der Waals surface area contributed by atoms with Gasteiger partial charge in [-0.25, -0.2) is 0 Å². The highest BCUT2D eigenvalue weighted by molar-refractivity contribution is 6.10. The molecule has 0 aliphatic carbocycles. The minimum atomic E-state index is -0.750. The maximum absolute atomic E-state index is 11.1. The third-order valence-electron chi connectivity index (χ3n) is 1.78. The summed E-state index contributed by atoms with van der Waals surface area (Å²) in [7, 11) is 0.